The van der Waals surface area contributed by atoms with E-state index in [1.54, 1.807) is 0 Å². The summed E-state index contributed by atoms with van der Waals surface area (Å²) in [6.07, 6.45) is 0. The van der Waals surface area contributed by atoms with Crippen LogP contribution in [0.3, 0.4) is 0 Å². The van der Waals surface area contributed by atoms with Gasteiger partial charge in [-0.15, -0.1) is 11.3 Å². The van der Waals surface area contributed by atoms with Crippen LogP contribution in [0.5, 0.6) is 0 Å². The molecule has 1 nitrogen and oxygen atoms in total. The Bertz CT molecular complexity index is 2730. The lowest BCUT2D eigenvalue weighted by Gasteiger charge is -2.11. The van der Waals surface area contributed by atoms with Crippen molar-refractivity contribution in [2.24, 2.45) is 0 Å². The number of thiophene rings is 1. The van der Waals surface area contributed by atoms with Crippen LogP contribution in [0.2, 0.25) is 0 Å². The first-order valence-corrected chi connectivity index (χ1v) is 17.9. The van der Waals surface area contributed by atoms with Crippen molar-refractivity contribution in [3.63, 3.8) is 0 Å². The molecule has 234 valence electrons. The Balaban J connectivity index is 1.05. The minimum atomic E-state index is 1.15. The molecule has 0 aliphatic heterocycles. The van der Waals surface area contributed by atoms with Crippen LogP contribution in [0, 0.1) is 0 Å². The van der Waals surface area contributed by atoms with Crippen LogP contribution in [0.25, 0.3) is 92.2 Å². The number of rotatable bonds is 5. The van der Waals surface area contributed by atoms with E-state index in [0.29, 0.717) is 0 Å². The fourth-order valence-electron chi connectivity index (χ4n) is 7.58. The highest BCUT2D eigenvalue weighted by atomic mass is 32.1. The van der Waals surface area contributed by atoms with Gasteiger partial charge in [0.15, 0.2) is 0 Å². The molecule has 8 aromatic carbocycles. The standard InChI is InChI=1S/C48H31NS/c1-3-10-32(11-4-1)37-24-28-44-42(30-37)43-31-38(33-12-5-2-6-13-33)25-29-45(43)49(44)39-26-22-35(23-27-39)34-18-20-36(21-19-34)40-15-9-17-47-48(40)41-14-7-8-16-46(41)50-47/h1-31H. The lowest BCUT2D eigenvalue weighted by atomic mass is 9.97. The summed E-state index contributed by atoms with van der Waals surface area (Å²) in [6, 6.07) is 68.6. The van der Waals surface area contributed by atoms with Gasteiger partial charge in [0.2, 0.25) is 0 Å². The molecular formula is C48H31NS. The molecule has 10 aromatic rings. The van der Waals surface area contributed by atoms with Crippen LogP contribution in [0.15, 0.2) is 188 Å². The summed E-state index contributed by atoms with van der Waals surface area (Å²) in [5.74, 6) is 0. The Morgan fingerprint density at radius 1 is 0.320 bits per heavy atom. The average molecular weight is 654 g/mol. The van der Waals surface area contributed by atoms with Crippen molar-refractivity contribution in [1.29, 1.82) is 0 Å². The molecule has 10 rings (SSSR count). The van der Waals surface area contributed by atoms with E-state index < -0.39 is 0 Å². The smallest absolute Gasteiger partial charge is 0.0541 e. The molecule has 0 atom stereocenters. The number of nitrogens with zero attached hydrogens (tertiary/aromatic N) is 1. The number of hydrogen-bond donors (Lipinski definition) is 0. The first kappa shape index (κ1) is 28.8. The first-order chi connectivity index (χ1) is 24.8. The molecule has 0 N–H and O–H groups in total. The molecule has 0 radical (unpaired) electrons. The molecule has 0 fully saturated rings. The monoisotopic (exact) mass is 653 g/mol. The van der Waals surface area contributed by atoms with Gasteiger partial charge in [-0.25, -0.2) is 0 Å². The Hall–Kier alpha value is -6.22. The quantitative estimate of drug-likeness (QED) is 0.174. The van der Waals surface area contributed by atoms with Crippen LogP contribution < -0.4 is 0 Å². The number of benzene rings is 8. The van der Waals surface area contributed by atoms with Crippen molar-refractivity contribution >= 4 is 53.3 Å². The van der Waals surface area contributed by atoms with Gasteiger partial charge in [-0.2, -0.15) is 0 Å². The molecule has 0 spiro atoms. The van der Waals surface area contributed by atoms with E-state index in [4.69, 9.17) is 0 Å². The van der Waals surface area contributed by atoms with Crippen molar-refractivity contribution in [2.45, 2.75) is 0 Å². The Morgan fingerprint density at radius 3 is 1.42 bits per heavy atom. The second-order valence-corrected chi connectivity index (χ2v) is 14.0. The van der Waals surface area contributed by atoms with Crippen LogP contribution in [0.4, 0.5) is 0 Å². The van der Waals surface area contributed by atoms with E-state index in [-0.39, 0.29) is 0 Å². The van der Waals surface area contributed by atoms with Crippen molar-refractivity contribution < 1.29 is 0 Å². The van der Waals surface area contributed by atoms with Crippen molar-refractivity contribution in [3.8, 4) is 50.2 Å². The summed E-state index contributed by atoms with van der Waals surface area (Å²) >= 11 is 1.87. The summed E-state index contributed by atoms with van der Waals surface area (Å²) in [5, 5.41) is 5.20. The van der Waals surface area contributed by atoms with Crippen LogP contribution in [0.1, 0.15) is 0 Å². The zero-order valence-electron chi connectivity index (χ0n) is 27.3. The summed E-state index contributed by atoms with van der Waals surface area (Å²) in [6.45, 7) is 0. The predicted octanol–water partition coefficient (Wildman–Crippen LogP) is 13.8. The fourth-order valence-corrected chi connectivity index (χ4v) is 8.71. The molecule has 0 amide bonds. The zero-order valence-corrected chi connectivity index (χ0v) is 28.1. The summed E-state index contributed by atoms with van der Waals surface area (Å²) in [5.41, 5.74) is 13.4. The maximum Gasteiger partial charge on any atom is 0.0541 e. The predicted molar refractivity (Wildman–Crippen MR) is 215 cm³/mol. The van der Waals surface area contributed by atoms with E-state index >= 15 is 0 Å². The average Bonchev–Trinajstić information content (AvgIpc) is 3.74. The summed E-state index contributed by atoms with van der Waals surface area (Å²) in [4.78, 5) is 0. The lowest BCUT2D eigenvalue weighted by molar-refractivity contribution is 1.18. The third-order valence-electron chi connectivity index (χ3n) is 10.0. The number of fused-ring (bicyclic) bond motifs is 6. The fraction of sp³-hybridized carbons (Fsp3) is 0. The van der Waals surface area contributed by atoms with Gasteiger partial charge in [0, 0.05) is 36.6 Å². The van der Waals surface area contributed by atoms with Crippen molar-refractivity contribution in [2.75, 3.05) is 0 Å². The Kier molecular flexibility index (Phi) is 6.75. The highest BCUT2D eigenvalue weighted by molar-refractivity contribution is 7.25. The molecule has 2 heteroatoms. The van der Waals surface area contributed by atoms with E-state index in [2.05, 4.69) is 193 Å². The molecule has 2 aromatic heterocycles. The van der Waals surface area contributed by atoms with Gasteiger partial charge in [-0.1, -0.05) is 140 Å². The third kappa shape index (κ3) is 4.76. The second-order valence-electron chi connectivity index (χ2n) is 12.9. The van der Waals surface area contributed by atoms with Crippen LogP contribution in [-0.4, -0.2) is 4.57 Å². The maximum absolute atomic E-state index is 2.41. The largest absolute Gasteiger partial charge is 0.309 e. The van der Waals surface area contributed by atoms with Gasteiger partial charge in [0.25, 0.3) is 0 Å². The molecule has 0 aliphatic rings. The normalized spacial score (nSPS) is 11.6. The highest BCUT2D eigenvalue weighted by Gasteiger charge is 2.15. The lowest BCUT2D eigenvalue weighted by Crippen LogP contribution is -1.94. The first-order valence-electron chi connectivity index (χ1n) is 17.1. The summed E-state index contributed by atoms with van der Waals surface area (Å²) < 4.78 is 5.08. The number of hydrogen-bond acceptors (Lipinski definition) is 1. The summed E-state index contributed by atoms with van der Waals surface area (Å²) in [7, 11) is 0. The van der Waals surface area contributed by atoms with Gasteiger partial charge in [-0.05, 0) is 93.0 Å². The van der Waals surface area contributed by atoms with Gasteiger partial charge < -0.3 is 4.57 Å². The zero-order chi connectivity index (χ0) is 33.0. The van der Waals surface area contributed by atoms with Crippen molar-refractivity contribution in [1.82, 2.24) is 4.57 Å². The molecule has 0 unspecified atom stereocenters. The van der Waals surface area contributed by atoms with Gasteiger partial charge in [-0.3, -0.25) is 0 Å². The number of aromatic nitrogens is 1. The molecule has 0 saturated carbocycles. The van der Waals surface area contributed by atoms with Gasteiger partial charge in [0.1, 0.15) is 0 Å². The van der Waals surface area contributed by atoms with E-state index in [9.17, 15) is 0 Å². The maximum atomic E-state index is 2.41. The SMILES string of the molecule is c1ccc(-c2ccc3c(c2)c2cc(-c4ccccc4)ccc2n3-c2ccc(-c3ccc(-c4cccc5sc6ccccc6c45)cc3)cc2)cc1. The minimum Gasteiger partial charge on any atom is -0.309 e. The minimum absolute atomic E-state index is 1.15. The molecule has 2 heterocycles. The van der Waals surface area contributed by atoms with Crippen LogP contribution in [-0.2, 0) is 0 Å². The van der Waals surface area contributed by atoms with Crippen LogP contribution >= 0.6 is 11.3 Å². The second kappa shape index (κ2) is 11.7. The third-order valence-corrected chi connectivity index (χ3v) is 11.2. The molecule has 0 saturated heterocycles. The van der Waals surface area contributed by atoms with Gasteiger partial charge >= 0.3 is 0 Å². The van der Waals surface area contributed by atoms with E-state index in [0.717, 1.165) is 5.69 Å². The van der Waals surface area contributed by atoms with Gasteiger partial charge in [0.05, 0.1) is 11.0 Å². The van der Waals surface area contributed by atoms with E-state index in [1.807, 2.05) is 11.3 Å². The molecule has 50 heavy (non-hydrogen) atoms. The molecule has 0 bridgehead atoms. The molecular weight excluding hydrogens is 623 g/mol. The molecule has 0 aliphatic carbocycles. The van der Waals surface area contributed by atoms with E-state index in [1.165, 1.54) is 86.5 Å². The topological polar surface area (TPSA) is 4.93 Å². The Labute approximate surface area is 295 Å². The highest BCUT2D eigenvalue weighted by Crippen LogP contribution is 2.41. The van der Waals surface area contributed by atoms with Crippen molar-refractivity contribution in [3.05, 3.63) is 188 Å². The Morgan fingerprint density at radius 2 is 0.800 bits per heavy atom.